The molecule has 0 aromatic carbocycles. The first-order valence-electron chi connectivity index (χ1n) is 6.75. The second kappa shape index (κ2) is 6.21. The first kappa shape index (κ1) is 15.4. The quantitative estimate of drug-likeness (QED) is 0.712. The lowest BCUT2D eigenvalue weighted by Crippen LogP contribution is -2.14. The Kier molecular flexibility index (Phi) is 4.56. The van der Waals surface area contributed by atoms with Gasteiger partial charge in [0.25, 0.3) is 0 Å². The van der Waals surface area contributed by atoms with E-state index >= 15 is 0 Å². The topological polar surface area (TPSA) is 86.9 Å². The third-order valence-corrected chi connectivity index (χ3v) is 4.90. The van der Waals surface area contributed by atoms with Gasteiger partial charge in [-0.2, -0.15) is 10.2 Å². The number of carbonyl (C=O) groups excluding carboxylic acids is 1. The van der Waals surface area contributed by atoms with Gasteiger partial charge < -0.3 is 0 Å². The molecule has 0 atom stereocenters. The zero-order valence-electron chi connectivity index (χ0n) is 12.1. The van der Waals surface area contributed by atoms with Crippen LogP contribution in [0.2, 0.25) is 0 Å². The Bertz CT molecular complexity index is 730. The van der Waals surface area contributed by atoms with Crippen molar-refractivity contribution < 1.29 is 13.2 Å². The maximum absolute atomic E-state index is 11.5. The molecule has 0 aliphatic rings. The van der Waals surface area contributed by atoms with Gasteiger partial charge in [-0.15, -0.1) is 0 Å². The van der Waals surface area contributed by atoms with E-state index in [-0.39, 0.29) is 18.1 Å². The fraction of sp³-hybridized carbons (Fsp3) is 0.462. The van der Waals surface area contributed by atoms with E-state index in [9.17, 15) is 13.2 Å². The van der Waals surface area contributed by atoms with Gasteiger partial charge in [0.2, 0.25) is 0 Å². The van der Waals surface area contributed by atoms with Crippen LogP contribution >= 0.6 is 0 Å². The molecule has 7 nitrogen and oxygen atoms in total. The average Bonchev–Trinajstić information content (AvgIpc) is 3.11. The number of hydrogen-bond donors (Lipinski definition) is 0. The van der Waals surface area contributed by atoms with Crippen LogP contribution in [0, 0.1) is 0 Å². The molecule has 2 aromatic rings. The zero-order chi connectivity index (χ0) is 15.5. The van der Waals surface area contributed by atoms with E-state index in [2.05, 4.69) is 10.2 Å². The number of nitrogens with zero attached hydrogens (tertiary/aromatic N) is 4. The zero-order valence-corrected chi connectivity index (χ0v) is 12.9. The molecule has 0 saturated heterocycles. The summed E-state index contributed by atoms with van der Waals surface area (Å²) in [6.45, 7) is 4.54. The van der Waals surface area contributed by atoms with Crippen LogP contribution < -0.4 is 0 Å². The van der Waals surface area contributed by atoms with Gasteiger partial charge in [-0.3, -0.25) is 14.2 Å². The lowest BCUT2D eigenvalue weighted by molar-refractivity contribution is 0.112. The molecular formula is C13H18N4O3S. The SMILES string of the molecule is CCn1cc(-c2nn(CCS(=O)(=O)CC)cc2C=O)cn1. The molecule has 21 heavy (non-hydrogen) atoms. The van der Waals surface area contributed by atoms with Crippen molar-refractivity contribution in [1.82, 2.24) is 19.6 Å². The second-order valence-corrected chi connectivity index (χ2v) is 7.11. The van der Waals surface area contributed by atoms with Gasteiger partial charge in [0.1, 0.15) is 5.69 Å². The van der Waals surface area contributed by atoms with Crippen LogP contribution in [0.3, 0.4) is 0 Å². The summed E-state index contributed by atoms with van der Waals surface area (Å²) in [5.74, 6) is 0.113. The van der Waals surface area contributed by atoms with Crippen molar-refractivity contribution in [1.29, 1.82) is 0 Å². The Morgan fingerprint density at radius 2 is 2.00 bits per heavy atom. The Balaban J connectivity index is 2.25. The normalized spacial score (nSPS) is 11.7. The number of aromatic nitrogens is 4. The van der Waals surface area contributed by atoms with Crippen molar-refractivity contribution in [2.24, 2.45) is 0 Å². The van der Waals surface area contributed by atoms with Crippen molar-refractivity contribution in [3.63, 3.8) is 0 Å². The molecule has 2 rings (SSSR count). The van der Waals surface area contributed by atoms with Crippen LogP contribution in [0.5, 0.6) is 0 Å². The van der Waals surface area contributed by atoms with Gasteiger partial charge in [0.05, 0.1) is 24.1 Å². The molecular weight excluding hydrogens is 292 g/mol. The molecule has 0 unspecified atom stereocenters. The van der Waals surface area contributed by atoms with E-state index in [1.54, 1.807) is 24.0 Å². The second-order valence-electron chi connectivity index (χ2n) is 4.64. The fourth-order valence-electron chi connectivity index (χ4n) is 1.90. The Hall–Kier alpha value is -1.96. The molecule has 0 bridgehead atoms. The molecule has 0 radical (unpaired) electrons. The molecule has 0 N–H and O–H groups in total. The van der Waals surface area contributed by atoms with Crippen molar-refractivity contribution in [3.05, 3.63) is 24.2 Å². The highest BCUT2D eigenvalue weighted by atomic mass is 32.2. The molecule has 8 heteroatoms. The summed E-state index contributed by atoms with van der Waals surface area (Å²) in [5.41, 5.74) is 1.70. The highest BCUT2D eigenvalue weighted by Crippen LogP contribution is 2.20. The Labute approximate surface area is 123 Å². The molecule has 0 fully saturated rings. The van der Waals surface area contributed by atoms with E-state index in [1.807, 2.05) is 13.1 Å². The molecule has 0 spiro atoms. The highest BCUT2D eigenvalue weighted by molar-refractivity contribution is 7.91. The largest absolute Gasteiger partial charge is 0.298 e. The molecule has 2 heterocycles. The molecule has 2 aromatic heterocycles. The monoisotopic (exact) mass is 310 g/mol. The van der Waals surface area contributed by atoms with Gasteiger partial charge in [-0.25, -0.2) is 8.42 Å². The summed E-state index contributed by atoms with van der Waals surface area (Å²) >= 11 is 0. The van der Waals surface area contributed by atoms with E-state index in [4.69, 9.17) is 0 Å². The minimum absolute atomic E-state index is 0.0111. The van der Waals surface area contributed by atoms with Crippen LogP contribution in [-0.4, -0.2) is 45.8 Å². The van der Waals surface area contributed by atoms with Crippen LogP contribution in [0.25, 0.3) is 11.3 Å². The van der Waals surface area contributed by atoms with Gasteiger partial charge in [0, 0.05) is 30.3 Å². The number of hydrogen-bond acceptors (Lipinski definition) is 5. The standard InChI is InChI=1S/C13H18N4O3S/c1-3-16-8-11(7-14-16)13-12(10-18)9-17(15-13)5-6-21(19,20)4-2/h7-10H,3-6H2,1-2H3. The fourth-order valence-corrected chi connectivity index (χ4v) is 2.65. The predicted octanol–water partition coefficient (Wildman–Crippen LogP) is 1.01. The number of aryl methyl sites for hydroxylation is 2. The molecule has 114 valence electrons. The molecule has 0 aliphatic heterocycles. The van der Waals surface area contributed by atoms with Gasteiger partial charge >= 0.3 is 0 Å². The smallest absolute Gasteiger partial charge is 0.153 e. The van der Waals surface area contributed by atoms with Gasteiger partial charge in [-0.1, -0.05) is 6.92 Å². The number of sulfone groups is 1. The van der Waals surface area contributed by atoms with Gasteiger partial charge in [-0.05, 0) is 6.92 Å². The Morgan fingerprint density at radius 3 is 2.57 bits per heavy atom. The maximum Gasteiger partial charge on any atom is 0.153 e. The summed E-state index contributed by atoms with van der Waals surface area (Å²) in [6, 6.07) is 0. The minimum Gasteiger partial charge on any atom is -0.298 e. The van der Waals surface area contributed by atoms with Crippen molar-refractivity contribution >= 4 is 16.1 Å². The third kappa shape index (κ3) is 3.57. The first-order chi connectivity index (χ1) is 9.99. The predicted molar refractivity (Wildman–Crippen MR) is 78.8 cm³/mol. The molecule has 0 saturated carbocycles. The molecule has 0 aliphatic carbocycles. The van der Waals surface area contributed by atoms with Crippen LogP contribution in [0.4, 0.5) is 0 Å². The highest BCUT2D eigenvalue weighted by Gasteiger charge is 2.14. The summed E-state index contributed by atoms with van der Waals surface area (Å²) in [6.07, 6.45) is 5.74. The maximum atomic E-state index is 11.5. The summed E-state index contributed by atoms with van der Waals surface area (Å²) in [4.78, 5) is 11.1. The molecule has 0 amide bonds. The van der Waals surface area contributed by atoms with E-state index < -0.39 is 9.84 Å². The first-order valence-corrected chi connectivity index (χ1v) is 8.57. The third-order valence-electron chi connectivity index (χ3n) is 3.22. The van der Waals surface area contributed by atoms with Crippen LogP contribution in [-0.2, 0) is 22.9 Å². The summed E-state index contributed by atoms with van der Waals surface area (Å²) in [7, 11) is -3.06. The van der Waals surface area contributed by atoms with Crippen LogP contribution in [0.1, 0.15) is 24.2 Å². The Morgan fingerprint density at radius 1 is 1.24 bits per heavy atom. The number of rotatable bonds is 7. The lowest BCUT2D eigenvalue weighted by atomic mass is 10.2. The van der Waals surface area contributed by atoms with Crippen molar-refractivity contribution in [3.8, 4) is 11.3 Å². The number of aldehydes is 1. The summed E-state index contributed by atoms with van der Waals surface area (Å²) in [5, 5.41) is 8.45. The van der Waals surface area contributed by atoms with Gasteiger partial charge in [0.15, 0.2) is 16.1 Å². The lowest BCUT2D eigenvalue weighted by Gasteiger charge is -2.01. The van der Waals surface area contributed by atoms with Crippen molar-refractivity contribution in [2.75, 3.05) is 11.5 Å². The average molecular weight is 310 g/mol. The van der Waals surface area contributed by atoms with E-state index in [0.717, 1.165) is 18.4 Å². The van der Waals surface area contributed by atoms with Crippen molar-refractivity contribution in [2.45, 2.75) is 26.9 Å². The summed E-state index contributed by atoms with van der Waals surface area (Å²) < 4.78 is 26.3. The minimum atomic E-state index is -3.06. The van der Waals surface area contributed by atoms with E-state index in [0.29, 0.717) is 11.3 Å². The number of carbonyl (C=O) groups is 1. The van der Waals surface area contributed by atoms with E-state index in [1.165, 1.54) is 4.68 Å². The van der Waals surface area contributed by atoms with Crippen LogP contribution in [0.15, 0.2) is 18.6 Å².